The number of benzene rings is 1. The average molecular weight is 322 g/mol. The van der Waals surface area contributed by atoms with Gasteiger partial charge in [0, 0.05) is 0 Å². The number of carbonyl (C=O) groups excluding carboxylic acids is 1. The summed E-state index contributed by atoms with van der Waals surface area (Å²) in [4.78, 5) is 11.3. The van der Waals surface area contributed by atoms with Gasteiger partial charge in [-0.3, -0.25) is 4.79 Å². The lowest BCUT2D eigenvalue weighted by Gasteiger charge is -2.06. The molecular formula is C14H18N4O3S. The van der Waals surface area contributed by atoms with E-state index < -0.39 is 10.0 Å². The van der Waals surface area contributed by atoms with Crippen LogP contribution in [-0.2, 0) is 27.9 Å². The first-order valence-electron chi connectivity index (χ1n) is 6.74. The van der Waals surface area contributed by atoms with E-state index in [0.29, 0.717) is 11.4 Å². The number of hydrogen-bond acceptors (Lipinski definition) is 5. The predicted octanol–water partition coefficient (Wildman–Crippen LogP) is 0.962. The molecule has 7 nitrogen and oxygen atoms in total. The molecule has 1 N–H and O–H groups in total. The minimum absolute atomic E-state index is 0.0277. The number of Topliss-reactive ketones (excluding diaryl/α,β-unsaturated/α-hetero) is 1. The number of sulfonamides is 1. The van der Waals surface area contributed by atoms with Crippen LogP contribution in [0.3, 0.4) is 0 Å². The van der Waals surface area contributed by atoms with Crippen LogP contribution in [0.2, 0.25) is 0 Å². The van der Waals surface area contributed by atoms with E-state index in [4.69, 9.17) is 0 Å². The van der Waals surface area contributed by atoms with E-state index in [9.17, 15) is 13.2 Å². The maximum Gasteiger partial charge on any atom is 0.240 e. The summed E-state index contributed by atoms with van der Waals surface area (Å²) < 4.78 is 28.3. The van der Waals surface area contributed by atoms with E-state index in [1.54, 1.807) is 31.2 Å². The van der Waals surface area contributed by atoms with E-state index in [-0.39, 0.29) is 23.8 Å². The Hall–Kier alpha value is -2.06. The van der Waals surface area contributed by atoms with Gasteiger partial charge >= 0.3 is 0 Å². The first-order valence-corrected chi connectivity index (χ1v) is 8.22. The second-order valence-electron chi connectivity index (χ2n) is 5.12. The molecule has 0 atom stereocenters. The Morgan fingerprint density at radius 1 is 1.23 bits per heavy atom. The van der Waals surface area contributed by atoms with Crippen molar-refractivity contribution in [3.05, 3.63) is 41.2 Å². The number of aromatic nitrogens is 3. The summed E-state index contributed by atoms with van der Waals surface area (Å²) in [5.41, 5.74) is 2.15. The molecule has 22 heavy (non-hydrogen) atoms. The Balaban J connectivity index is 2.11. The van der Waals surface area contributed by atoms with Crippen LogP contribution in [0, 0.1) is 13.8 Å². The van der Waals surface area contributed by atoms with E-state index in [2.05, 4.69) is 15.0 Å². The summed E-state index contributed by atoms with van der Waals surface area (Å²) in [5, 5.41) is 7.77. The summed E-state index contributed by atoms with van der Waals surface area (Å²) in [6.45, 7) is 5.25. The number of rotatable bonds is 6. The highest BCUT2D eigenvalue weighted by Crippen LogP contribution is 2.11. The highest BCUT2D eigenvalue weighted by molar-refractivity contribution is 7.89. The third-order valence-corrected chi connectivity index (χ3v) is 4.63. The van der Waals surface area contributed by atoms with E-state index in [1.165, 1.54) is 11.6 Å². The average Bonchev–Trinajstić information content (AvgIpc) is 2.78. The zero-order chi connectivity index (χ0) is 16.3. The normalized spacial score (nSPS) is 11.6. The summed E-state index contributed by atoms with van der Waals surface area (Å²) in [7, 11) is -3.60. The molecule has 1 aromatic heterocycles. The van der Waals surface area contributed by atoms with Gasteiger partial charge in [-0.1, -0.05) is 22.9 Å². The summed E-state index contributed by atoms with van der Waals surface area (Å²) in [6.07, 6.45) is 0. The molecule has 0 aliphatic heterocycles. The molecular weight excluding hydrogens is 304 g/mol. The van der Waals surface area contributed by atoms with E-state index >= 15 is 0 Å². The fourth-order valence-electron chi connectivity index (χ4n) is 1.88. The van der Waals surface area contributed by atoms with E-state index in [0.717, 1.165) is 5.56 Å². The standard InChI is InChI=1S/C14H18N4O3S/c1-10-4-6-13(7-5-10)22(20,21)15-8-14-12(3)18(17-16-14)9-11(2)19/h4-7,15H,8-9H2,1-3H3. The van der Waals surface area contributed by atoms with Crippen molar-refractivity contribution in [2.45, 2.75) is 38.8 Å². The minimum atomic E-state index is -3.60. The lowest BCUT2D eigenvalue weighted by atomic mass is 10.2. The molecule has 0 spiro atoms. The monoisotopic (exact) mass is 322 g/mol. The minimum Gasteiger partial charge on any atom is -0.298 e. The third-order valence-electron chi connectivity index (χ3n) is 3.21. The van der Waals surface area contributed by atoms with Crippen LogP contribution in [0.25, 0.3) is 0 Å². The quantitative estimate of drug-likeness (QED) is 0.855. The molecule has 1 heterocycles. The van der Waals surface area contributed by atoms with Crippen molar-refractivity contribution in [1.29, 1.82) is 0 Å². The van der Waals surface area contributed by atoms with Crippen LogP contribution in [-0.4, -0.2) is 29.2 Å². The van der Waals surface area contributed by atoms with Gasteiger partial charge in [0.2, 0.25) is 10.0 Å². The molecule has 0 amide bonds. The number of hydrogen-bond donors (Lipinski definition) is 1. The lowest BCUT2D eigenvalue weighted by Crippen LogP contribution is -2.24. The Labute approximate surface area is 129 Å². The molecule has 118 valence electrons. The topological polar surface area (TPSA) is 93.9 Å². The van der Waals surface area contributed by atoms with Crippen molar-refractivity contribution in [2.75, 3.05) is 0 Å². The van der Waals surface area contributed by atoms with Gasteiger partial charge in [0.25, 0.3) is 0 Å². The van der Waals surface area contributed by atoms with Gasteiger partial charge in [-0.05, 0) is 32.9 Å². The van der Waals surface area contributed by atoms with Gasteiger partial charge in [-0.25, -0.2) is 17.8 Å². The van der Waals surface area contributed by atoms with Crippen LogP contribution in [0.4, 0.5) is 0 Å². The SMILES string of the molecule is CC(=O)Cn1nnc(CNS(=O)(=O)c2ccc(C)cc2)c1C. The second kappa shape index (κ2) is 6.37. The third kappa shape index (κ3) is 3.77. The zero-order valence-corrected chi connectivity index (χ0v) is 13.5. The molecule has 0 aliphatic rings. The molecule has 0 aliphatic carbocycles. The first kappa shape index (κ1) is 16.3. The zero-order valence-electron chi connectivity index (χ0n) is 12.7. The molecule has 2 rings (SSSR count). The number of aryl methyl sites for hydroxylation is 1. The number of ketones is 1. The van der Waals surface area contributed by atoms with Crippen LogP contribution in [0.15, 0.2) is 29.2 Å². The highest BCUT2D eigenvalue weighted by Gasteiger charge is 2.16. The number of nitrogens with zero attached hydrogens (tertiary/aromatic N) is 3. The number of carbonyl (C=O) groups is 1. The molecule has 0 radical (unpaired) electrons. The van der Waals surface area contributed by atoms with Crippen LogP contribution in [0.1, 0.15) is 23.9 Å². The maximum absolute atomic E-state index is 12.2. The van der Waals surface area contributed by atoms with Crippen LogP contribution < -0.4 is 4.72 Å². The van der Waals surface area contributed by atoms with Crippen molar-refractivity contribution in [3.63, 3.8) is 0 Å². The lowest BCUT2D eigenvalue weighted by molar-refractivity contribution is -0.117. The summed E-state index contributed by atoms with van der Waals surface area (Å²) >= 11 is 0. The second-order valence-corrected chi connectivity index (χ2v) is 6.89. The van der Waals surface area contributed by atoms with Gasteiger partial charge in [0.1, 0.15) is 12.2 Å². The maximum atomic E-state index is 12.2. The Bertz CT molecular complexity index is 779. The first-order chi connectivity index (χ1) is 10.3. The van der Waals surface area contributed by atoms with Gasteiger partial charge in [-0.15, -0.1) is 5.10 Å². The van der Waals surface area contributed by atoms with Crippen molar-refractivity contribution in [2.24, 2.45) is 0 Å². The Morgan fingerprint density at radius 2 is 1.86 bits per heavy atom. The molecule has 0 unspecified atom stereocenters. The van der Waals surface area contributed by atoms with Crippen molar-refractivity contribution in [1.82, 2.24) is 19.7 Å². The largest absolute Gasteiger partial charge is 0.298 e. The Morgan fingerprint density at radius 3 is 2.45 bits per heavy atom. The summed E-state index contributed by atoms with van der Waals surface area (Å²) in [6, 6.07) is 6.58. The molecule has 0 saturated heterocycles. The highest BCUT2D eigenvalue weighted by atomic mass is 32.2. The predicted molar refractivity (Wildman–Crippen MR) is 80.6 cm³/mol. The van der Waals surface area contributed by atoms with Gasteiger partial charge in [-0.2, -0.15) is 0 Å². The molecule has 2 aromatic rings. The fourth-order valence-corrected chi connectivity index (χ4v) is 2.87. The van der Waals surface area contributed by atoms with Gasteiger partial charge in [0.05, 0.1) is 17.1 Å². The molecule has 0 saturated carbocycles. The van der Waals surface area contributed by atoms with Crippen LogP contribution in [0.5, 0.6) is 0 Å². The molecule has 1 aromatic carbocycles. The molecule has 0 fully saturated rings. The van der Waals surface area contributed by atoms with Crippen molar-refractivity contribution >= 4 is 15.8 Å². The smallest absolute Gasteiger partial charge is 0.240 e. The van der Waals surface area contributed by atoms with E-state index in [1.807, 2.05) is 6.92 Å². The van der Waals surface area contributed by atoms with Crippen molar-refractivity contribution < 1.29 is 13.2 Å². The fraction of sp³-hybridized carbons (Fsp3) is 0.357. The summed E-state index contributed by atoms with van der Waals surface area (Å²) in [5.74, 6) is -0.0419. The number of nitrogens with one attached hydrogen (secondary N) is 1. The van der Waals surface area contributed by atoms with Gasteiger partial charge < -0.3 is 0 Å². The van der Waals surface area contributed by atoms with Crippen molar-refractivity contribution in [3.8, 4) is 0 Å². The van der Waals surface area contributed by atoms with Crippen LogP contribution >= 0.6 is 0 Å². The molecule has 0 bridgehead atoms. The molecule has 8 heteroatoms. The Kier molecular flexibility index (Phi) is 4.72. The van der Waals surface area contributed by atoms with Gasteiger partial charge in [0.15, 0.2) is 5.78 Å².